The van der Waals surface area contributed by atoms with Crippen molar-refractivity contribution in [3.63, 3.8) is 0 Å². The van der Waals surface area contributed by atoms with Crippen LogP contribution in [0.4, 0.5) is 0 Å². The van der Waals surface area contributed by atoms with Gasteiger partial charge in [0.1, 0.15) is 12.4 Å². The Morgan fingerprint density at radius 1 is 1.25 bits per heavy atom. The van der Waals surface area contributed by atoms with Gasteiger partial charge in [0.2, 0.25) is 0 Å². The van der Waals surface area contributed by atoms with Crippen LogP contribution >= 0.6 is 27.5 Å². The highest BCUT2D eigenvalue weighted by atomic mass is 79.9. The van der Waals surface area contributed by atoms with E-state index in [1.807, 2.05) is 48.9 Å². The number of aryl methyl sites for hydroxylation is 1. The number of carbonyl (C=O) groups excluding carboxylic acids is 1. The van der Waals surface area contributed by atoms with Gasteiger partial charge in [0.05, 0.1) is 16.8 Å². The van der Waals surface area contributed by atoms with Gasteiger partial charge in [-0.05, 0) is 55.8 Å². The van der Waals surface area contributed by atoms with Gasteiger partial charge < -0.3 is 10.1 Å². The van der Waals surface area contributed by atoms with E-state index in [1.165, 1.54) is 0 Å². The summed E-state index contributed by atoms with van der Waals surface area (Å²) in [6.07, 6.45) is 1.74. The molecule has 0 spiro atoms. The first-order valence-electron chi connectivity index (χ1n) is 8.97. The van der Waals surface area contributed by atoms with Crippen molar-refractivity contribution in [3.05, 3.63) is 81.0 Å². The number of hydrogen-bond acceptors (Lipinski definition) is 3. The Balaban J connectivity index is 1.59. The average molecular weight is 463 g/mol. The Morgan fingerprint density at radius 3 is 2.68 bits per heavy atom. The summed E-state index contributed by atoms with van der Waals surface area (Å²) in [7, 11) is 0. The maximum atomic E-state index is 12.5. The number of hydrogen-bond donors (Lipinski definition) is 1. The Hall–Kier alpha value is -2.31. The van der Waals surface area contributed by atoms with E-state index in [9.17, 15) is 4.79 Å². The first kappa shape index (κ1) is 20.4. The highest BCUT2D eigenvalue weighted by Gasteiger charge is 2.14. The molecule has 0 fully saturated rings. The van der Waals surface area contributed by atoms with Gasteiger partial charge in [-0.25, -0.2) is 0 Å². The number of halogens is 2. The predicted molar refractivity (Wildman–Crippen MR) is 114 cm³/mol. The number of carbonyl (C=O) groups is 1. The Morgan fingerprint density at radius 2 is 2.00 bits per heavy atom. The molecule has 0 bridgehead atoms. The molecule has 3 rings (SSSR count). The molecular weight excluding hydrogens is 442 g/mol. The van der Waals surface area contributed by atoms with E-state index in [0.717, 1.165) is 22.3 Å². The summed E-state index contributed by atoms with van der Waals surface area (Å²) >= 11 is 9.53. The van der Waals surface area contributed by atoms with E-state index in [1.54, 1.807) is 24.4 Å². The van der Waals surface area contributed by atoms with Crippen LogP contribution in [0.3, 0.4) is 0 Å². The van der Waals surface area contributed by atoms with Crippen LogP contribution in [-0.2, 0) is 13.2 Å². The molecule has 1 N–H and O–H groups in total. The molecule has 0 aliphatic rings. The van der Waals surface area contributed by atoms with E-state index in [4.69, 9.17) is 16.3 Å². The van der Waals surface area contributed by atoms with Crippen LogP contribution in [0, 0.1) is 0 Å². The standard InChI is InChI=1S/C21H21BrClN3O2/c1-3-26-19(10-11-24-26)14(2)25-21(27)16-6-4-15(5-7-16)13-28-20-9-8-17(22)12-18(20)23/h4-12,14H,3,13H2,1-2H3,(H,25,27). The molecule has 3 aromatic rings. The van der Waals surface area contributed by atoms with Crippen molar-refractivity contribution in [2.45, 2.75) is 33.0 Å². The molecule has 28 heavy (non-hydrogen) atoms. The molecule has 0 aliphatic heterocycles. The van der Waals surface area contributed by atoms with Crippen molar-refractivity contribution in [2.24, 2.45) is 0 Å². The Kier molecular flexibility index (Phi) is 6.75. The SMILES string of the molecule is CCn1nccc1C(C)NC(=O)c1ccc(COc2ccc(Br)cc2Cl)cc1. The zero-order chi connectivity index (χ0) is 20.1. The van der Waals surface area contributed by atoms with Gasteiger partial charge in [-0.15, -0.1) is 0 Å². The van der Waals surface area contributed by atoms with Crippen molar-refractivity contribution < 1.29 is 9.53 Å². The van der Waals surface area contributed by atoms with Crippen molar-refractivity contribution in [1.82, 2.24) is 15.1 Å². The first-order valence-corrected chi connectivity index (χ1v) is 10.1. The van der Waals surface area contributed by atoms with E-state index in [0.29, 0.717) is 22.9 Å². The fourth-order valence-corrected chi connectivity index (χ4v) is 3.56. The van der Waals surface area contributed by atoms with Gasteiger partial charge in [-0.2, -0.15) is 5.10 Å². The number of nitrogens with one attached hydrogen (secondary N) is 1. The molecule has 1 aromatic heterocycles. The van der Waals surface area contributed by atoms with Crippen molar-refractivity contribution in [3.8, 4) is 5.75 Å². The van der Waals surface area contributed by atoms with Crippen LogP contribution < -0.4 is 10.1 Å². The van der Waals surface area contributed by atoms with E-state index in [2.05, 4.69) is 26.3 Å². The minimum atomic E-state index is -0.127. The average Bonchev–Trinajstić information content (AvgIpc) is 3.16. The van der Waals surface area contributed by atoms with Gasteiger partial charge in [-0.3, -0.25) is 9.48 Å². The summed E-state index contributed by atoms with van der Waals surface area (Å²) in [4.78, 5) is 12.5. The third kappa shape index (κ3) is 4.94. The monoisotopic (exact) mass is 461 g/mol. The molecule has 1 unspecified atom stereocenters. The minimum Gasteiger partial charge on any atom is -0.487 e. The van der Waals surface area contributed by atoms with Crippen molar-refractivity contribution in [2.75, 3.05) is 0 Å². The van der Waals surface area contributed by atoms with Gasteiger partial charge in [0.25, 0.3) is 5.91 Å². The maximum absolute atomic E-state index is 12.5. The van der Waals surface area contributed by atoms with Gasteiger partial charge in [0.15, 0.2) is 0 Å². The lowest BCUT2D eigenvalue weighted by atomic mass is 10.1. The molecule has 1 amide bonds. The number of ether oxygens (including phenoxy) is 1. The molecular formula is C21H21BrClN3O2. The molecule has 5 nitrogen and oxygen atoms in total. The first-order chi connectivity index (χ1) is 13.5. The van der Waals surface area contributed by atoms with Crippen LogP contribution in [0.1, 0.15) is 41.5 Å². The van der Waals surface area contributed by atoms with Crippen molar-refractivity contribution in [1.29, 1.82) is 0 Å². The number of benzene rings is 2. The minimum absolute atomic E-state index is 0.125. The summed E-state index contributed by atoms with van der Waals surface area (Å²) in [6.45, 7) is 5.10. The predicted octanol–water partition coefficient (Wildman–Crippen LogP) is 5.39. The number of amides is 1. The summed E-state index contributed by atoms with van der Waals surface area (Å²) in [6, 6.07) is 14.6. The van der Waals surface area contributed by atoms with E-state index >= 15 is 0 Å². The van der Waals surface area contributed by atoms with Crippen LogP contribution in [0.2, 0.25) is 5.02 Å². The van der Waals surface area contributed by atoms with Crippen LogP contribution in [-0.4, -0.2) is 15.7 Å². The lowest BCUT2D eigenvalue weighted by Crippen LogP contribution is -2.28. The molecule has 7 heteroatoms. The van der Waals surface area contributed by atoms with Gasteiger partial charge in [0, 0.05) is 22.8 Å². The lowest BCUT2D eigenvalue weighted by Gasteiger charge is -2.15. The zero-order valence-electron chi connectivity index (χ0n) is 15.7. The molecule has 146 valence electrons. The second-order valence-electron chi connectivity index (χ2n) is 6.33. The number of aromatic nitrogens is 2. The van der Waals surface area contributed by atoms with E-state index < -0.39 is 0 Å². The highest BCUT2D eigenvalue weighted by molar-refractivity contribution is 9.10. The van der Waals surface area contributed by atoms with Gasteiger partial charge in [-0.1, -0.05) is 39.7 Å². The zero-order valence-corrected chi connectivity index (χ0v) is 18.0. The second kappa shape index (κ2) is 9.26. The third-order valence-electron chi connectivity index (χ3n) is 4.34. The molecule has 0 aliphatic carbocycles. The quantitative estimate of drug-likeness (QED) is 0.512. The normalized spacial score (nSPS) is 11.9. The number of rotatable bonds is 7. The fourth-order valence-electron chi connectivity index (χ4n) is 2.83. The summed E-state index contributed by atoms with van der Waals surface area (Å²) in [5.74, 6) is 0.493. The van der Waals surface area contributed by atoms with Crippen molar-refractivity contribution >= 4 is 33.4 Å². The Bertz CT molecular complexity index is 957. The molecule has 1 atom stereocenters. The molecule has 0 saturated carbocycles. The summed E-state index contributed by atoms with van der Waals surface area (Å²) in [5, 5.41) is 7.80. The van der Waals surface area contributed by atoms with Gasteiger partial charge >= 0.3 is 0 Å². The molecule has 1 heterocycles. The maximum Gasteiger partial charge on any atom is 0.251 e. The van der Waals surface area contributed by atoms with Crippen LogP contribution in [0.5, 0.6) is 5.75 Å². The molecule has 2 aromatic carbocycles. The Labute approximate surface area is 177 Å². The largest absolute Gasteiger partial charge is 0.487 e. The lowest BCUT2D eigenvalue weighted by molar-refractivity contribution is 0.0938. The molecule has 0 radical (unpaired) electrons. The second-order valence-corrected chi connectivity index (χ2v) is 7.65. The molecule has 0 saturated heterocycles. The third-order valence-corrected chi connectivity index (χ3v) is 5.13. The smallest absolute Gasteiger partial charge is 0.251 e. The highest BCUT2D eigenvalue weighted by Crippen LogP contribution is 2.28. The van der Waals surface area contributed by atoms with Crippen LogP contribution in [0.25, 0.3) is 0 Å². The van der Waals surface area contributed by atoms with Crippen LogP contribution in [0.15, 0.2) is 59.2 Å². The number of nitrogens with zero attached hydrogens (tertiary/aromatic N) is 2. The van der Waals surface area contributed by atoms with E-state index in [-0.39, 0.29) is 11.9 Å². The summed E-state index contributed by atoms with van der Waals surface area (Å²) < 4.78 is 8.53. The fraction of sp³-hybridized carbons (Fsp3) is 0.238. The topological polar surface area (TPSA) is 56.2 Å². The summed E-state index contributed by atoms with van der Waals surface area (Å²) in [5.41, 5.74) is 2.53.